The molecule has 0 radical (unpaired) electrons. The molecule has 6 rings (SSSR count). The molecule has 10 nitrogen and oxygen atoms in total. The summed E-state index contributed by atoms with van der Waals surface area (Å²) < 4.78 is 27.9. The predicted octanol–water partition coefficient (Wildman–Crippen LogP) is 2.46. The topological polar surface area (TPSA) is 112 Å². The minimum atomic E-state index is -0.548. The summed E-state index contributed by atoms with van der Waals surface area (Å²) in [7, 11) is 0. The second-order valence-corrected chi connectivity index (χ2v) is 10.6. The van der Waals surface area contributed by atoms with Crippen LogP contribution in [0.5, 0.6) is 6.01 Å². The van der Waals surface area contributed by atoms with Crippen molar-refractivity contribution in [1.82, 2.24) is 30.2 Å². The number of nitriles is 1. The van der Waals surface area contributed by atoms with Crippen LogP contribution in [0.3, 0.4) is 0 Å². The Kier molecular flexibility index (Phi) is 18.6. The fourth-order valence-electron chi connectivity index (χ4n) is 5.31. The largest absolute Gasteiger partial charge is 1.00 e. The van der Waals surface area contributed by atoms with Crippen LogP contribution in [0.1, 0.15) is 20.3 Å². The predicted molar refractivity (Wildman–Crippen MR) is 183 cm³/mol. The molecule has 2 fully saturated rings. The zero-order valence-corrected chi connectivity index (χ0v) is 35.2. The number of piperazine rings is 1. The van der Waals surface area contributed by atoms with Gasteiger partial charge in [0, 0.05) is 92.7 Å². The van der Waals surface area contributed by atoms with Crippen molar-refractivity contribution < 1.29 is 82.8 Å². The Hall–Kier alpha value is -1.29. The smallest absolute Gasteiger partial charge is 0.463 e. The molecule has 2 aliphatic rings. The van der Waals surface area contributed by atoms with Crippen LogP contribution in [0.2, 0.25) is 5.02 Å². The number of thiol groups is 1. The Morgan fingerprint density at radius 3 is 2.63 bits per heavy atom. The van der Waals surface area contributed by atoms with Gasteiger partial charge in [0.15, 0.2) is 5.82 Å². The number of nitrogens with zero attached hydrogens (tertiary/aromatic N) is 7. The summed E-state index contributed by atoms with van der Waals surface area (Å²) in [6, 6.07) is 7.43. The molecule has 0 bridgehead atoms. The van der Waals surface area contributed by atoms with Gasteiger partial charge in [0.05, 0.1) is 30.8 Å². The van der Waals surface area contributed by atoms with Crippen LogP contribution in [0.15, 0.2) is 36.8 Å². The summed E-state index contributed by atoms with van der Waals surface area (Å²) in [6.45, 7) is 10.5. The Morgan fingerprint density at radius 1 is 1.17 bits per heavy atom. The molecule has 0 saturated carbocycles. The van der Waals surface area contributed by atoms with Gasteiger partial charge in [-0.2, -0.15) is 27.9 Å². The molecule has 14 heteroatoms. The van der Waals surface area contributed by atoms with E-state index in [1.54, 1.807) is 37.0 Å². The maximum Gasteiger partial charge on any atom is 1.00 e. The molecule has 0 spiro atoms. The number of halogens is 2. The van der Waals surface area contributed by atoms with Crippen molar-refractivity contribution in [2.75, 3.05) is 70.2 Å². The molecule has 1 N–H and O–H groups in total. The molecule has 4 aromatic rings. The summed E-state index contributed by atoms with van der Waals surface area (Å²) in [4.78, 5) is 22.6. The number of hydrogen-bond acceptors (Lipinski definition) is 11. The SMILES string of the molecule is CC#N.CS.C[C@H]1CN(CCCOc2nc(N3CCNCC3)c3cnc(-c4cncc5cccc(Cl)c45)c(F)c3n2)CCO1.[CH3-].[Cs+]. The monoisotopic (exact) mass is 788 g/mol. The van der Waals surface area contributed by atoms with E-state index in [4.69, 9.17) is 31.3 Å². The minimum Gasteiger partial charge on any atom is -0.463 e. The Bertz CT molecular complexity index is 1590. The number of benzene rings is 1. The van der Waals surface area contributed by atoms with Gasteiger partial charge >= 0.3 is 74.9 Å². The summed E-state index contributed by atoms with van der Waals surface area (Å²) in [5.41, 5.74) is 0.831. The van der Waals surface area contributed by atoms with E-state index in [9.17, 15) is 0 Å². The van der Waals surface area contributed by atoms with Crippen molar-refractivity contribution >= 4 is 51.7 Å². The number of rotatable bonds is 7. The second-order valence-electron chi connectivity index (χ2n) is 10.2. The number of morpholine rings is 1. The van der Waals surface area contributed by atoms with Crippen molar-refractivity contribution in [3.05, 3.63) is 55.1 Å². The Balaban J connectivity index is 0.000000996. The molecule has 46 heavy (non-hydrogen) atoms. The molecule has 0 unspecified atom stereocenters. The average Bonchev–Trinajstić information content (AvgIpc) is 3.05. The molecule has 3 aromatic heterocycles. The first-order chi connectivity index (χ1) is 21.5. The van der Waals surface area contributed by atoms with Crippen molar-refractivity contribution in [3.63, 3.8) is 0 Å². The van der Waals surface area contributed by atoms with Crippen LogP contribution < -0.4 is 83.8 Å². The molecule has 0 amide bonds. The summed E-state index contributed by atoms with van der Waals surface area (Å²) in [5, 5.41) is 13.2. The van der Waals surface area contributed by atoms with Crippen molar-refractivity contribution in [2.45, 2.75) is 26.4 Å². The summed E-state index contributed by atoms with van der Waals surface area (Å²) >= 11 is 10.1. The van der Waals surface area contributed by atoms with Crippen LogP contribution in [0.4, 0.5) is 10.2 Å². The molecular formula is C32H41ClCsFN8O2S. The van der Waals surface area contributed by atoms with Gasteiger partial charge in [-0.15, -0.1) is 0 Å². The molecule has 1 aromatic carbocycles. The number of pyridine rings is 2. The van der Waals surface area contributed by atoms with Crippen LogP contribution in [-0.2, 0) is 4.74 Å². The third-order valence-corrected chi connectivity index (χ3v) is 7.54. The van der Waals surface area contributed by atoms with E-state index in [1.165, 1.54) is 6.92 Å². The molecular weight excluding hydrogens is 748 g/mol. The van der Waals surface area contributed by atoms with Crippen molar-refractivity contribution in [2.24, 2.45) is 0 Å². The molecule has 2 saturated heterocycles. The Labute approximate surface area is 340 Å². The maximum absolute atomic E-state index is 16.3. The van der Waals surface area contributed by atoms with Gasteiger partial charge in [-0.25, -0.2) is 4.39 Å². The van der Waals surface area contributed by atoms with E-state index >= 15 is 4.39 Å². The number of anilines is 1. The van der Waals surface area contributed by atoms with Crippen LogP contribution >= 0.6 is 24.2 Å². The molecule has 1 atom stereocenters. The average molecular weight is 789 g/mol. The van der Waals surface area contributed by atoms with E-state index in [0.29, 0.717) is 33.8 Å². The first-order valence-electron chi connectivity index (χ1n) is 14.6. The fourth-order valence-corrected chi connectivity index (χ4v) is 5.59. The van der Waals surface area contributed by atoms with Gasteiger partial charge in [0.1, 0.15) is 17.0 Å². The van der Waals surface area contributed by atoms with Crippen LogP contribution in [-0.4, -0.2) is 96.2 Å². The van der Waals surface area contributed by atoms with E-state index in [2.05, 4.69) is 49.6 Å². The van der Waals surface area contributed by atoms with Gasteiger partial charge in [-0.05, 0) is 25.7 Å². The maximum atomic E-state index is 16.3. The van der Waals surface area contributed by atoms with Gasteiger partial charge in [0.2, 0.25) is 0 Å². The third-order valence-electron chi connectivity index (χ3n) is 7.22. The molecule has 0 aliphatic carbocycles. The van der Waals surface area contributed by atoms with E-state index in [-0.39, 0.29) is 99.6 Å². The standard InChI is InChI=1S/C28H31ClFN7O2.C2H3N.CH4S.CH3.Cs/c1-18-17-36(11-13-38-18)8-3-12-39-28-34-26-21(27(35-28)37-9-6-31-7-10-37)16-33-25(24(26)30)20-15-32-14-19-4-2-5-22(29)23(19)20;1-2-3;1-2;;/h2,4-5,14-16,18,31H,3,6-13,17H2,1H3;1H3;2H,1H3;1H3;/q;;;-1;+1/t18-;;;;/m0..../s1. The first kappa shape index (κ1) is 40.9. The first-order valence-corrected chi connectivity index (χ1v) is 15.8. The minimum absolute atomic E-state index is 0. The molecule has 5 heterocycles. The van der Waals surface area contributed by atoms with E-state index < -0.39 is 5.82 Å². The van der Waals surface area contributed by atoms with Crippen LogP contribution in [0, 0.1) is 24.6 Å². The van der Waals surface area contributed by atoms with Gasteiger partial charge in [-0.1, -0.05) is 23.7 Å². The summed E-state index contributed by atoms with van der Waals surface area (Å²) in [6.07, 6.45) is 7.68. The number of fused-ring (bicyclic) bond motifs is 2. The van der Waals surface area contributed by atoms with Crippen molar-refractivity contribution in [1.29, 1.82) is 5.26 Å². The number of aromatic nitrogens is 4. The van der Waals surface area contributed by atoms with Gasteiger partial charge in [-0.3, -0.25) is 14.9 Å². The zero-order chi connectivity index (χ0) is 31.5. The molecule has 242 valence electrons. The van der Waals surface area contributed by atoms with Gasteiger partial charge in [0.25, 0.3) is 0 Å². The normalized spacial score (nSPS) is 16.1. The quantitative estimate of drug-likeness (QED) is 0.165. The fraction of sp³-hybridized carbons (Fsp3) is 0.438. The van der Waals surface area contributed by atoms with Gasteiger partial charge < -0.3 is 27.1 Å². The number of ether oxygens (including phenoxy) is 2. The van der Waals surface area contributed by atoms with Crippen LogP contribution in [0.25, 0.3) is 32.9 Å². The zero-order valence-electron chi connectivity index (χ0n) is 27.3. The number of nitrogens with one attached hydrogen (secondary N) is 1. The summed E-state index contributed by atoms with van der Waals surface area (Å²) in [5.74, 6) is 0.0817. The van der Waals surface area contributed by atoms with Crippen molar-refractivity contribution in [3.8, 4) is 23.3 Å². The third kappa shape index (κ3) is 10.4. The van der Waals surface area contributed by atoms with E-state index in [1.807, 2.05) is 12.1 Å². The molecule has 2 aliphatic heterocycles. The Morgan fingerprint density at radius 2 is 1.91 bits per heavy atom. The second kappa shape index (κ2) is 20.9. The number of hydrogen-bond donors (Lipinski definition) is 2. The van der Waals surface area contributed by atoms with E-state index in [0.717, 1.165) is 64.2 Å².